The van der Waals surface area contributed by atoms with Gasteiger partial charge in [0.15, 0.2) is 0 Å². The van der Waals surface area contributed by atoms with Crippen LogP contribution >= 0.6 is 11.3 Å². The van der Waals surface area contributed by atoms with Crippen LogP contribution in [-0.4, -0.2) is 41.5 Å². The summed E-state index contributed by atoms with van der Waals surface area (Å²) in [6.07, 6.45) is 2.06. The number of ether oxygens (including phenoxy) is 1. The lowest BCUT2D eigenvalue weighted by molar-refractivity contribution is -0.117. The molecule has 1 amide bonds. The second-order valence-electron chi connectivity index (χ2n) is 6.23. The van der Waals surface area contributed by atoms with Crippen LogP contribution in [0.25, 0.3) is 0 Å². The third kappa shape index (κ3) is 4.28. The first-order valence-corrected chi connectivity index (χ1v) is 9.68. The number of esters is 1. The van der Waals surface area contributed by atoms with Crippen LogP contribution < -0.4 is 5.32 Å². The van der Waals surface area contributed by atoms with E-state index in [4.69, 9.17) is 4.74 Å². The first-order valence-electron chi connectivity index (χ1n) is 8.80. The predicted octanol–water partition coefficient (Wildman–Crippen LogP) is 3.40. The fourth-order valence-electron chi connectivity index (χ4n) is 3.24. The molecule has 0 aliphatic carbocycles. The Bertz CT molecular complexity index is 790. The van der Waals surface area contributed by atoms with E-state index in [-0.39, 0.29) is 18.5 Å². The molecule has 1 atom stereocenters. The molecule has 2 heterocycles. The molecule has 2 aromatic rings. The SMILES string of the molecule is CCOC(=O)c1ccccc1NC(=O)CN1CCC[C@H]1c1csc(C)n1. The zero-order valence-electron chi connectivity index (χ0n) is 15.0. The van der Waals surface area contributed by atoms with Gasteiger partial charge < -0.3 is 10.1 Å². The molecule has 138 valence electrons. The first kappa shape index (κ1) is 18.5. The van der Waals surface area contributed by atoms with Gasteiger partial charge in [0.25, 0.3) is 0 Å². The van der Waals surface area contributed by atoms with Crippen molar-refractivity contribution in [1.29, 1.82) is 0 Å². The average Bonchev–Trinajstić information content (AvgIpc) is 3.24. The maximum atomic E-state index is 12.6. The van der Waals surface area contributed by atoms with Gasteiger partial charge in [0.2, 0.25) is 5.91 Å². The molecule has 0 radical (unpaired) electrons. The number of thiazole rings is 1. The Morgan fingerprint density at radius 1 is 1.38 bits per heavy atom. The van der Waals surface area contributed by atoms with E-state index in [0.717, 1.165) is 30.1 Å². The second-order valence-corrected chi connectivity index (χ2v) is 7.30. The minimum Gasteiger partial charge on any atom is -0.462 e. The van der Waals surface area contributed by atoms with Crippen LogP contribution in [-0.2, 0) is 9.53 Å². The van der Waals surface area contributed by atoms with Crippen molar-refractivity contribution >= 4 is 28.9 Å². The molecule has 1 saturated heterocycles. The Labute approximate surface area is 157 Å². The molecular formula is C19H23N3O3S. The molecule has 3 rings (SSSR count). The van der Waals surface area contributed by atoms with Crippen LogP contribution in [0.1, 0.15) is 46.9 Å². The van der Waals surface area contributed by atoms with Crippen LogP contribution in [0.4, 0.5) is 5.69 Å². The summed E-state index contributed by atoms with van der Waals surface area (Å²) in [5, 5.41) is 5.97. The number of likely N-dealkylation sites (tertiary alicyclic amines) is 1. The number of amides is 1. The number of benzene rings is 1. The molecule has 1 N–H and O–H groups in total. The fraction of sp³-hybridized carbons (Fsp3) is 0.421. The van der Waals surface area contributed by atoms with Crippen molar-refractivity contribution in [1.82, 2.24) is 9.88 Å². The van der Waals surface area contributed by atoms with Crippen molar-refractivity contribution in [2.24, 2.45) is 0 Å². The Hall–Kier alpha value is -2.25. The van der Waals surface area contributed by atoms with Gasteiger partial charge >= 0.3 is 5.97 Å². The highest BCUT2D eigenvalue weighted by Gasteiger charge is 2.29. The number of nitrogens with one attached hydrogen (secondary N) is 1. The zero-order chi connectivity index (χ0) is 18.5. The number of hydrogen-bond acceptors (Lipinski definition) is 6. The van der Waals surface area contributed by atoms with Crippen LogP contribution in [0.15, 0.2) is 29.6 Å². The molecule has 26 heavy (non-hydrogen) atoms. The first-order chi connectivity index (χ1) is 12.6. The van der Waals surface area contributed by atoms with E-state index >= 15 is 0 Å². The summed E-state index contributed by atoms with van der Waals surface area (Å²) in [6, 6.07) is 7.10. The number of para-hydroxylation sites is 1. The number of rotatable bonds is 6. The number of aryl methyl sites for hydroxylation is 1. The third-order valence-electron chi connectivity index (χ3n) is 4.39. The average molecular weight is 373 g/mol. The Morgan fingerprint density at radius 3 is 2.92 bits per heavy atom. The minimum atomic E-state index is -0.430. The Kier molecular flexibility index (Phi) is 6.00. The number of anilines is 1. The van der Waals surface area contributed by atoms with Crippen molar-refractivity contribution in [3.63, 3.8) is 0 Å². The Balaban J connectivity index is 1.67. The number of hydrogen-bond donors (Lipinski definition) is 1. The molecule has 1 aromatic heterocycles. The summed E-state index contributed by atoms with van der Waals surface area (Å²) < 4.78 is 5.05. The van der Waals surface area contributed by atoms with Crippen molar-refractivity contribution in [2.45, 2.75) is 32.7 Å². The molecule has 6 nitrogen and oxygen atoms in total. The third-order valence-corrected chi connectivity index (χ3v) is 5.18. The summed E-state index contributed by atoms with van der Waals surface area (Å²) in [6.45, 7) is 5.19. The van der Waals surface area contributed by atoms with Gasteiger partial charge in [-0.15, -0.1) is 11.3 Å². The van der Waals surface area contributed by atoms with E-state index in [0.29, 0.717) is 17.9 Å². The van der Waals surface area contributed by atoms with Crippen molar-refractivity contribution in [2.75, 3.05) is 25.0 Å². The molecule has 1 aliphatic heterocycles. The van der Waals surface area contributed by atoms with Gasteiger partial charge in [0.1, 0.15) is 0 Å². The molecule has 1 aromatic carbocycles. The molecule has 1 aliphatic rings. The van der Waals surface area contributed by atoms with E-state index in [1.165, 1.54) is 0 Å². The van der Waals surface area contributed by atoms with Crippen LogP contribution in [0.3, 0.4) is 0 Å². The molecule has 0 spiro atoms. The predicted molar refractivity (Wildman–Crippen MR) is 101 cm³/mol. The van der Waals surface area contributed by atoms with E-state index in [2.05, 4.69) is 20.6 Å². The quantitative estimate of drug-likeness (QED) is 0.786. The monoisotopic (exact) mass is 373 g/mol. The lowest BCUT2D eigenvalue weighted by Crippen LogP contribution is -2.33. The van der Waals surface area contributed by atoms with E-state index in [9.17, 15) is 9.59 Å². The zero-order valence-corrected chi connectivity index (χ0v) is 15.8. The van der Waals surface area contributed by atoms with Gasteiger partial charge in [0, 0.05) is 5.38 Å². The summed E-state index contributed by atoms with van der Waals surface area (Å²) in [5.41, 5.74) is 1.90. The lowest BCUT2D eigenvalue weighted by atomic mass is 10.1. The molecule has 0 bridgehead atoms. The van der Waals surface area contributed by atoms with Gasteiger partial charge in [-0.2, -0.15) is 0 Å². The molecule has 0 unspecified atom stereocenters. The maximum absolute atomic E-state index is 12.6. The topological polar surface area (TPSA) is 71.5 Å². The highest BCUT2D eigenvalue weighted by Crippen LogP contribution is 2.32. The van der Waals surface area contributed by atoms with E-state index < -0.39 is 5.97 Å². The van der Waals surface area contributed by atoms with Crippen molar-refractivity contribution in [3.05, 3.63) is 45.9 Å². The molecular weight excluding hydrogens is 350 g/mol. The number of aromatic nitrogens is 1. The minimum absolute atomic E-state index is 0.138. The second kappa shape index (κ2) is 8.42. The molecule has 7 heteroatoms. The highest BCUT2D eigenvalue weighted by atomic mass is 32.1. The van der Waals surface area contributed by atoms with Gasteiger partial charge in [-0.05, 0) is 45.4 Å². The summed E-state index contributed by atoms with van der Waals surface area (Å²) in [7, 11) is 0. The van der Waals surface area contributed by atoms with E-state index in [1.54, 1.807) is 42.5 Å². The smallest absolute Gasteiger partial charge is 0.340 e. The highest BCUT2D eigenvalue weighted by molar-refractivity contribution is 7.09. The van der Waals surface area contributed by atoms with E-state index in [1.807, 2.05) is 6.92 Å². The van der Waals surface area contributed by atoms with Gasteiger partial charge in [-0.3, -0.25) is 9.69 Å². The fourth-order valence-corrected chi connectivity index (χ4v) is 3.90. The summed E-state index contributed by atoms with van der Waals surface area (Å²) in [5.74, 6) is -0.569. The number of carbonyl (C=O) groups excluding carboxylic acids is 2. The van der Waals surface area contributed by atoms with Gasteiger partial charge in [-0.25, -0.2) is 9.78 Å². The number of nitrogens with zero attached hydrogens (tertiary/aromatic N) is 2. The number of carbonyl (C=O) groups is 2. The van der Waals surface area contributed by atoms with Gasteiger partial charge in [0.05, 0.1) is 41.1 Å². The van der Waals surface area contributed by atoms with Crippen molar-refractivity contribution < 1.29 is 14.3 Å². The molecule has 1 fully saturated rings. The van der Waals surface area contributed by atoms with Crippen molar-refractivity contribution in [3.8, 4) is 0 Å². The summed E-state index contributed by atoms with van der Waals surface area (Å²) in [4.78, 5) is 31.3. The normalized spacial score (nSPS) is 17.2. The maximum Gasteiger partial charge on any atom is 0.340 e. The largest absolute Gasteiger partial charge is 0.462 e. The van der Waals surface area contributed by atoms with Crippen LogP contribution in [0.2, 0.25) is 0 Å². The van der Waals surface area contributed by atoms with Crippen LogP contribution in [0, 0.1) is 6.92 Å². The standard InChI is InChI=1S/C19H23N3O3S/c1-3-25-19(24)14-7-4-5-8-15(14)21-18(23)11-22-10-6-9-17(22)16-12-26-13(2)20-16/h4-5,7-8,12,17H,3,6,9-11H2,1-2H3,(H,21,23)/t17-/m0/s1. The van der Waals surface area contributed by atoms with Gasteiger partial charge in [-0.1, -0.05) is 12.1 Å². The Morgan fingerprint density at radius 2 is 2.19 bits per heavy atom. The summed E-state index contributed by atoms with van der Waals surface area (Å²) >= 11 is 1.63. The van der Waals surface area contributed by atoms with Crippen LogP contribution in [0.5, 0.6) is 0 Å². The lowest BCUT2D eigenvalue weighted by Gasteiger charge is -2.22. The molecule has 0 saturated carbocycles.